The molecule has 0 saturated carbocycles. The average Bonchev–Trinajstić information content (AvgIpc) is 3.15. The maximum atomic E-state index is 12.2. The van der Waals surface area contributed by atoms with Crippen LogP contribution in [0, 0.1) is 6.92 Å². The summed E-state index contributed by atoms with van der Waals surface area (Å²) in [5, 5.41) is 7.80. The molecular weight excluding hydrogens is 330 g/mol. The van der Waals surface area contributed by atoms with Crippen molar-refractivity contribution in [3.63, 3.8) is 0 Å². The van der Waals surface area contributed by atoms with Gasteiger partial charge in [-0.05, 0) is 43.0 Å². The summed E-state index contributed by atoms with van der Waals surface area (Å²) in [7, 11) is 0. The number of fused-ring (bicyclic) bond motifs is 1. The minimum absolute atomic E-state index is 0.248. The molecule has 0 spiro atoms. The van der Waals surface area contributed by atoms with Crippen LogP contribution >= 0.6 is 22.7 Å². The SMILES string of the molecule is Cc1ccc2nc(NC(=O)[C@@H](C)NC(=O)c3cccs3)sc2c1. The quantitative estimate of drug-likeness (QED) is 0.761. The average molecular weight is 345 g/mol. The van der Waals surface area contributed by atoms with Crippen LogP contribution in [0.15, 0.2) is 35.7 Å². The molecule has 0 bridgehead atoms. The molecule has 3 aromatic rings. The molecule has 5 nitrogen and oxygen atoms in total. The lowest BCUT2D eigenvalue weighted by atomic mass is 10.2. The van der Waals surface area contributed by atoms with Crippen LogP contribution in [0.4, 0.5) is 5.13 Å². The Balaban J connectivity index is 1.66. The summed E-state index contributed by atoms with van der Waals surface area (Å²) in [5.41, 5.74) is 2.00. The van der Waals surface area contributed by atoms with E-state index in [0.29, 0.717) is 10.0 Å². The van der Waals surface area contributed by atoms with Crippen molar-refractivity contribution in [2.24, 2.45) is 0 Å². The van der Waals surface area contributed by atoms with E-state index >= 15 is 0 Å². The normalized spacial score (nSPS) is 12.1. The maximum Gasteiger partial charge on any atom is 0.261 e. The summed E-state index contributed by atoms with van der Waals surface area (Å²) < 4.78 is 1.02. The molecule has 0 saturated heterocycles. The fraction of sp³-hybridized carbons (Fsp3) is 0.188. The number of aromatic nitrogens is 1. The number of aryl methyl sites for hydroxylation is 1. The Labute approximate surface area is 141 Å². The van der Waals surface area contributed by atoms with Crippen molar-refractivity contribution in [2.75, 3.05) is 5.32 Å². The van der Waals surface area contributed by atoms with Gasteiger partial charge in [0.15, 0.2) is 5.13 Å². The van der Waals surface area contributed by atoms with E-state index in [1.165, 1.54) is 22.7 Å². The second-order valence-electron chi connectivity index (χ2n) is 5.15. The molecule has 3 rings (SSSR count). The lowest BCUT2D eigenvalue weighted by molar-refractivity contribution is -0.117. The summed E-state index contributed by atoms with van der Waals surface area (Å²) in [6.45, 7) is 3.66. The van der Waals surface area contributed by atoms with Crippen molar-refractivity contribution in [1.82, 2.24) is 10.3 Å². The number of thiophene rings is 1. The van der Waals surface area contributed by atoms with Crippen LogP contribution in [0.25, 0.3) is 10.2 Å². The molecule has 0 aliphatic heterocycles. The lowest BCUT2D eigenvalue weighted by Crippen LogP contribution is -2.41. The minimum atomic E-state index is -0.640. The summed E-state index contributed by atoms with van der Waals surface area (Å²) >= 11 is 2.76. The first kappa shape index (κ1) is 15.6. The molecule has 23 heavy (non-hydrogen) atoms. The summed E-state index contributed by atoms with van der Waals surface area (Å²) in [6.07, 6.45) is 0. The predicted molar refractivity (Wildman–Crippen MR) is 94.2 cm³/mol. The van der Waals surface area contributed by atoms with Crippen LogP contribution < -0.4 is 10.6 Å². The largest absolute Gasteiger partial charge is 0.340 e. The highest BCUT2D eigenvalue weighted by Gasteiger charge is 2.18. The second kappa shape index (κ2) is 6.47. The molecule has 1 atom stereocenters. The van der Waals surface area contributed by atoms with E-state index in [1.807, 2.05) is 30.5 Å². The fourth-order valence-corrected chi connectivity index (χ4v) is 3.63. The topological polar surface area (TPSA) is 71.1 Å². The number of carbonyl (C=O) groups is 2. The van der Waals surface area contributed by atoms with Gasteiger partial charge in [0.1, 0.15) is 6.04 Å². The van der Waals surface area contributed by atoms with Crippen LogP contribution in [0.3, 0.4) is 0 Å². The van der Waals surface area contributed by atoms with E-state index in [9.17, 15) is 9.59 Å². The molecule has 0 fully saturated rings. The molecule has 0 aliphatic rings. The number of nitrogens with one attached hydrogen (secondary N) is 2. The first-order valence-electron chi connectivity index (χ1n) is 7.05. The van der Waals surface area contributed by atoms with Gasteiger partial charge >= 0.3 is 0 Å². The summed E-state index contributed by atoms with van der Waals surface area (Å²) in [4.78, 5) is 29.1. The van der Waals surface area contributed by atoms with Crippen molar-refractivity contribution in [3.05, 3.63) is 46.2 Å². The third-order valence-electron chi connectivity index (χ3n) is 3.26. The van der Waals surface area contributed by atoms with E-state index in [-0.39, 0.29) is 11.8 Å². The standard InChI is InChI=1S/C16H15N3O2S2/c1-9-5-6-11-13(8-9)23-16(18-11)19-14(20)10(2)17-15(21)12-4-3-7-22-12/h3-8,10H,1-2H3,(H,17,21)(H,18,19,20)/t10-/m1/s1. The van der Waals surface area contributed by atoms with Gasteiger partial charge in [-0.1, -0.05) is 23.5 Å². The van der Waals surface area contributed by atoms with Gasteiger partial charge in [-0.3, -0.25) is 9.59 Å². The molecule has 2 N–H and O–H groups in total. The summed E-state index contributed by atoms with van der Waals surface area (Å²) in [6, 6.07) is 8.83. The Hall–Kier alpha value is -2.25. The Morgan fingerprint density at radius 1 is 1.26 bits per heavy atom. The van der Waals surface area contributed by atoms with Crippen LogP contribution in [-0.2, 0) is 4.79 Å². The van der Waals surface area contributed by atoms with Crippen molar-refractivity contribution in [1.29, 1.82) is 0 Å². The number of hydrogen-bond donors (Lipinski definition) is 2. The van der Waals surface area contributed by atoms with Crippen LogP contribution in [-0.4, -0.2) is 22.8 Å². The molecule has 2 heterocycles. The second-order valence-corrected chi connectivity index (χ2v) is 7.13. The van der Waals surface area contributed by atoms with Gasteiger partial charge in [-0.2, -0.15) is 0 Å². The van der Waals surface area contributed by atoms with Crippen molar-refractivity contribution < 1.29 is 9.59 Å². The maximum absolute atomic E-state index is 12.2. The number of anilines is 1. The van der Waals surface area contributed by atoms with Gasteiger partial charge in [0.2, 0.25) is 5.91 Å². The molecular formula is C16H15N3O2S2. The van der Waals surface area contributed by atoms with Crippen LogP contribution in [0.2, 0.25) is 0 Å². The van der Waals surface area contributed by atoms with Gasteiger partial charge in [-0.25, -0.2) is 4.98 Å². The number of hydrogen-bond acceptors (Lipinski definition) is 5. The lowest BCUT2D eigenvalue weighted by Gasteiger charge is -2.12. The van der Waals surface area contributed by atoms with Gasteiger partial charge in [0, 0.05) is 0 Å². The zero-order chi connectivity index (χ0) is 16.4. The molecule has 0 aliphatic carbocycles. The Bertz CT molecular complexity index is 855. The highest BCUT2D eigenvalue weighted by atomic mass is 32.1. The number of carbonyl (C=O) groups excluding carboxylic acids is 2. The van der Waals surface area contributed by atoms with E-state index in [4.69, 9.17) is 0 Å². The van der Waals surface area contributed by atoms with Crippen molar-refractivity contribution in [2.45, 2.75) is 19.9 Å². The molecule has 1 aromatic carbocycles. The number of thiazole rings is 1. The van der Waals surface area contributed by atoms with Gasteiger partial charge in [0.25, 0.3) is 5.91 Å². The Morgan fingerprint density at radius 3 is 2.83 bits per heavy atom. The number of amides is 2. The smallest absolute Gasteiger partial charge is 0.261 e. The molecule has 2 aromatic heterocycles. The molecule has 118 valence electrons. The predicted octanol–water partition coefficient (Wildman–Crippen LogP) is 3.42. The highest BCUT2D eigenvalue weighted by molar-refractivity contribution is 7.22. The fourth-order valence-electron chi connectivity index (χ4n) is 2.04. The van der Waals surface area contributed by atoms with Crippen LogP contribution in [0.5, 0.6) is 0 Å². The third-order valence-corrected chi connectivity index (χ3v) is 5.06. The van der Waals surface area contributed by atoms with Gasteiger partial charge < -0.3 is 10.6 Å². The van der Waals surface area contributed by atoms with Gasteiger partial charge in [0.05, 0.1) is 15.1 Å². The Morgan fingerprint density at radius 2 is 2.09 bits per heavy atom. The van der Waals surface area contributed by atoms with E-state index in [0.717, 1.165) is 15.8 Å². The third kappa shape index (κ3) is 3.57. The van der Waals surface area contributed by atoms with E-state index in [2.05, 4.69) is 15.6 Å². The van der Waals surface area contributed by atoms with Crippen molar-refractivity contribution >= 4 is 49.8 Å². The first-order chi connectivity index (χ1) is 11.0. The minimum Gasteiger partial charge on any atom is -0.340 e. The molecule has 0 unspecified atom stereocenters. The number of nitrogens with zero attached hydrogens (tertiary/aromatic N) is 1. The Kier molecular flexibility index (Phi) is 4.40. The van der Waals surface area contributed by atoms with Crippen LogP contribution in [0.1, 0.15) is 22.2 Å². The van der Waals surface area contributed by atoms with Gasteiger partial charge in [-0.15, -0.1) is 11.3 Å². The monoisotopic (exact) mass is 345 g/mol. The molecule has 2 amide bonds. The number of rotatable bonds is 4. The van der Waals surface area contributed by atoms with E-state index in [1.54, 1.807) is 19.1 Å². The summed E-state index contributed by atoms with van der Waals surface area (Å²) in [5.74, 6) is -0.534. The zero-order valence-electron chi connectivity index (χ0n) is 12.6. The molecule has 7 heteroatoms. The number of benzene rings is 1. The van der Waals surface area contributed by atoms with Crippen molar-refractivity contribution in [3.8, 4) is 0 Å². The van der Waals surface area contributed by atoms with E-state index < -0.39 is 6.04 Å². The molecule has 0 radical (unpaired) electrons. The zero-order valence-corrected chi connectivity index (χ0v) is 14.3. The first-order valence-corrected chi connectivity index (χ1v) is 8.75. The highest BCUT2D eigenvalue weighted by Crippen LogP contribution is 2.26.